The Labute approximate surface area is 150 Å². The molecular formula is C19H21BrN2O2. The van der Waals surface area contributed by atoms with Crippen LogP contribution in [0.25, 0.3) is 0 Å². The summed E-state index contributed by atoms with van der Waals surface area (Å²) in [4.78, 5) is 13.5. The van der Waals surface area contributed by atoms with Crippen molar-refractivity contribution >= 4 is 27.5 Å². The second kappa shape index (κ2) is 7.81. The van der Waals surface area contributed by atoms with Crippen molar-refractivity contribution in [1.29, 1.82) is 0 Å². The van der Waals surface area contributed by atoms with Crippen LogP contribution < -0.4 is 10.6 Å². The number of primary amides is 1. The fourth-order valence-corrected chi connectivity index (χ4v) is 3.18. The second-order valence-corrected chi connectivity index (χ2v) is 6.95. The maximum absolute atomic E-state index is 11.1. The molecule has 3 rings (SSSR count). The molecule has 5 heteroatoms. The highest BCUT2D eigenvalue weighted by Crippen LogP contribution is 2.22. The van der Waals surface area contributed by atoms with E-state index in [0.717, 1.165) is 36.1 Å². The van der Waals surface area contributed by atoms with Crippen LogP contribution in [0.2, 0.25) is 0 Å². The quantitative estimate of drug-likeness (QED) is 0.848. The fraction of sp³-hybridized carbons (Fsp3) is 0.316. The number of benzene rings is 2. The number of nitrogens with zero attached hydrogens (tertiary/aromatic N) is 1. The summed E-state index contributed by atoms with van der Waals surface area (Å²) in [6.45, 7) is 2.58. The van der Waals surface area contributed by atoms with E-state index in [9.17, 15) is 4.79 Å². The van der Waals surface area contributed by atoms with Crippen LogP contribution in [-0.4, -0.2) is 25.1 Å². The summed E-state index contributed by atoms with van der Waals surface area (Å²) in [5.41, 5.74) is 8.15. The van der Waals surface area contributed by atoms with Gasteiger partial charge in [-0.25, -0.2) is 0 Å². The summed E-state index contributed by atoms with van der Waals surface area (Å²) in [5.74, 6) is -0.387. The van der Waals surface area contributed by atoms with E-state index in [0.29, 0.717) is 18.3 Å². The molecule has 1 aliphatic rings. The van der Waals surface area contributed by atoms with Crippen molar-refractivity contribution in [3.05, 3.63) is 64.1 Å². The number of nitrogens with two attached hydrogens (primary N) is 1. The number of amides is 1. The largest absolute Gasteiger partial charge is 0.373 e. The average molecular weight is 389 g/mol. The third-order valence-corrected chi connectivity index (χ3v) is 4.89. The SMILES string of the molecule is NC(=O)c1ccc(N2CCC(OCc3ccc(Br)cc3)CC2)cc1. The minimum absolute atomic E-state index is 0.301. The predicted octanol–water partition coefficient (Wildman–Crippen LogP) is 3.73. The Bertz CT molecular complexity index is 678. The Morgan fingerprint density at radius 2 is 1.71 bits per heavy atom. The molecule has 1 saturated heterocycles. The Morgan fingerprint density at radius 1 is 1.08 bits per heavy atom. The van der Waals surface area contributed by atoms with Gasteiger partial charge >= 0.3 is 0 Å². The van der Waals surface area contributed by atoms with E-state index in [1.807, 2.05) is 24.3 Å². The number of halogens is 1. The Hall–Kier alpha value is -1.85. The van der Waals surface area contributed by atoms with Crippen molar-refractivity contribution in [2.75, 3.05) is 18.0 Å². The van der Waals surface area contributed by atoms with Crippen molar-refractivity contribution in [1.82, 2.24) is 0 Å². The number of carbonyl (C=O) groups excluding carboxylic acids is 1. The lowest BCUT2D eigenvalue weighted by Crippen LogP contribution is -2.37. The highest BCUT2D eigenvalue weighted by atomic mass is 79.9. The van der Waals surface area contributed by atoms with Gasteiger partial charge in [-0.1, -0.05) is 28.1 Å². The van der Waals surface area contributed by atoms with Gasteiger partial charge in [-0.3, -0.25) is 4.79 Å². The lowest BCUT2D eigenvalue weighted by atomic mass is 10.1. The molecule has 0 aliphatic carbocycles. The first-order valence-electron chi connectivity index (χ1n) is 8.13. The third-order valence-electron chi connectivity index (χ3n) is 4.36. The molecule has 0 unspecified atom stereocenters. The van der Waals surface area contributed by atoms with Crippen molar-refractivity contribution in [3.63, 3.8) is 0 Å². The molecule has 2 N–H and O–H groups in total. The summed E-state index contributed by atoms with van der Waals surface area (Å²) >= 11 is 3.44. The molecule has 0 aromatic heterocycles. The van der Waals surface area contributed by atoms with Gasteiger partial charge in [0.25, 0.3) is 0 Å². The molecule has 2 aromatic carbocycles. The molecule has 1 aliphatic heterocycles. The van der Waals surface area contributed by atoms with Gasteiger partial charge in [-0.15, -0.1) is 0 Å². The smallest absolute Gasteiger partial charge is 0.248 e. The highest BCUT2D eigenvalue weighted by Gasteiger charge is 2.20. The number of rotatable bonds is 5. The summed E-state index contributed by atoms with van der Waals surface area (Å²) < 4.78 is 7.13. The molecule has 0 radical (unpaired) electrons. The van der Waals surface area contributed by atoms with Crippen LogP contribution in [0.4, 0.5) is 5.69 Å². The minimum atomic E-state index is -0.387. The summed E-state index contributed by atoms with van der Waals surface area (Å²) in [5, 5.41) is 0. The first kappa shape index (κ1) is 17.0. The lowest BCUT2D eigenvalue weighted by molar-refractivity contribution is 0.0251. The van der Waals surface area contributed by atoms with E-state index in [1.165, 1.54) is 5.56 Å². The summed E-state index contributed by atoms with van der Waals surface area (Å²) in [6, 6.07) is 15.7. The van der Waals surface area contributed by atoms with Gasteiger partial charge in [0.2, 0.25) is 5.91 Å². The molecular weight excluding hydrogens is 368 g/mol. The van der Waals surface area contributed by atoms with E-state index in [4.69, 9.17) is 10.5 Å². The average Bonchev–Trinajstić information content (AvgIpc) is 2.62. The van der Waals surface area contributed by atoms with Crippen LogP contribution in [0, 0.1) is 0 Å². The van der Waals surface area contributed by atoms with E-state index < -0.39 is 0 Å². The zero-order valence-corrected chi connectivity index (χ0v) is 15.0. The molecule has 1 heterocycles. The van der Waals surface area contributed by atoms with Crippen molar-refractivity contribution < 1.29 is 9.53 Å². The van der Waals surface area contributed by atoms with Crippen LogP contribution in [0.15, 0.2) is 53.0 Å². The number of piperidine rings is 1. The molecule has 1 fully saturated rings. The third kappa shape index (κ3) is 4.36. The van der Waals surface area contributed by atoms with Crippen molar-refractivity contribution in [2.45, 2.75) is 25.6 Å². The Balaban J connectivity index is 1.48. The number of ether oxygens (including phenoxy) is 1. The predicted molar refractivity (Wildman–Crippen MR) is 99.1 cm³/mol. The number of anilines is 1. The van der Waals surface area contributed by atoms with Gasteiger partial charge in [0, 0.05) is 28.8 Å². The van der Waals surface area contributed by atoms with Crippen LogP contribution in [0.3, 0.4) is 0 Å². The number of hydrogen-bond acceptors (Lipinski definition) is 3. The molecule has 24 heavy (non-hydrogen) atoms. The van der Waals surface area contributed by atoms with Crippen LogP contribution in [0.1, 0.15) is 28.8 Å². The summed E-state index contributed by atoms with van der Waals surface area (Å²) in [6.07, 6.45) is 2.32. The zero-order chi connectivity index (χ0) is 16.9. The Morgan fingerprint density at radius 3 is 2.29 bits per heavy atom. The van der Waals surface area contributed by atoms with Crippen molar-refractivity contribution in [3.8, 4) is 0 Å². The van der Waals surface area contributed by atoms with Gasteiger partial charge in [-0.2, -0.15) is 0 Å². The van der Waals surface area contributed by atoms with E-state index in [2.05, 4.69) is 33.0 Å². The van der Waals surface area contributed by atoms with Gasteiger partial charge in [-0.05, 0) is 54.8 Å². The molecule has 0 saturated carbocycles. The zero-order valence-electron chi connectivity index (χ0n) is 13.5. The molecule has 2 aromatic rings. The fourth-order valence-electron chi connectivity index (χ4n) is 2.91. The molecule has 4 nitrogen and oxygen atoms in total. The van der Waals surface area contributed by atoms with Crippen LogP contribution in [0.5, 0.6) is 0 Å². The van der Waals surface area contributed by atoms with E-state index in [-0.39, 0.29) is 5.91 Å². The highest BCUT2D eigenvalue weighted by molar-refractivity contribution is 9.10. The number of hydrogen-bond donors (Lipinski definition) is 1. The topological polar surface area (TPSA) is 55.6 Å². The molecule has 1 amide bonds. The molecule has 0 atom stereocenters. The van der Waals surface area contributed by atoms with Gasteiger partial charge in [0.15, 0.2) is 0 Å². The van der Waals surface area contributed by atoms with Crippen molar-refractivity contribution in [2.24, 2.45) is 5.73 Å². The first-order valence-corrected chi connectivity index (χ1v) is 8.92. The normalized spacial score (nSPS) is 15.5. The van der Waals surface area contributed by atoms with E-state index in [1.54, 1.807) is 12.1 Å². The standard InChI is InChI=1S/C19H21BrN2O2/c20-16-5-1-14(2-6-16)13-24-18-9-11-22(12-10-18)17-7-3-15(4-8-17)19(21)23/h1-8,18H,9-13H2,(H2,21,23). The second-order valence-electron chi connectivity index (χ2n) is 6.04. The lowest BCUT2D eigenvalue weighted by Gasteiger charge is -2.33. The maximum atomic E-state index is 11.1. The van der Waals surface area contributed by atoms with Crippen LogP contribution >= 0.6 is 15.9 Å². The molecule has 0 spiro atoms. The van der Waals surface area contributed by atoms with Gasteiger partial charge in [0.05, 0.1) is 12.7 Å². The monoisotopic (exact) mass is 388 g/mol. The maximum Gasteiger partial charge on any atom is 0.248 e. The first-order chi connectivity index (χ1) is 11.6. The van der Waals surface area contributed by atoms with E-state index >= 15 is 0 Å². The Kier molecular flexibility index (Phi) is 5.53. The molecule has 126 valence electrons. The minimum Gasteiger partial charge on any atom is -0.373 e. The van der Waals surface area contributed by atoms with Gasteiger partial charge < -0.3 is 15.4 Å². The number of carbonyl (C=O) groups is 1. The van der Waals surface area contributed by atoms with Crippen LogP contribution in [-0.2, 0) is 11.3 Å². The summed E-state index contributed by atoms with van der Waals surface area (Å²) in [7, 11) is 0. The molecule has 0 bridgehead atoms. The van der Waals surface area contributed by atoms with Gasteiger partial charge in [0.1, 0.15) is 0 Å².